The third kappa shape index (κ3) is 5.64. The monoisotopic (exact) mass is 551 g/mol. The van der Waals surface area contributed by atoms with Gasteiger partial charge in [-0.1, -0.05) is 0 Å². The second kappa shape index (κ2) is 9.98. The van der Waals surface area contributed by atoms with E-state index in [1.54, 1.807) is 6.20 Å². The molecule has 6 rings (SSSR count). The number of rotatable bonds is 7. The molecule has 0 radical (unpaired) electrons. The van der Waals surface area contributed by atoms with Gasteiger partial charge in [0.05, 0.1) is 23.0 Å². The highest BCUT2D eigenvalue weighted by Gasteiger charge is 2.45. The lowest BCUT2D eigenvalue weighted by Crippen LogP contribution is -2.39. The van der Waals surface area contributed by atoms with E-state index in [9.17, 15) is 13.9 Å². The van der Waals surface area contributed by atoms with Gasteiger partial charge in [0.15, 0.2) is 0 Å². The summed E-state index contributed by atoms with van der Waals surface area (Å²) in [7, 11) is 0. The second-order valence-electron chi connectivity index (χ2n) is 12.6. The SMILES string of the molecule is Cc1cc(Nc2nccc3nc(NC(C)(C)CO)nc(N4CCC5(CC4)CC5)c23)cc(N2CCC(F)(F)CC2)c1. The lowest BCUT2D eigenvalue weighted by Gasteiger charge is -2.34. The standard InChI is InChI=1S/C30H39F2N7O/c1-20-16-21(18-22(17-20)38-14-9-30(31,32)10-15-38)34-25-24-23(4-11-33-25)35-27(37-28(2,3)19-40)36-26(24)39-12-7-29(5-6-29)8-13-39/h4,11,16-18,40H,5-10,12-15,19H2,1-3H3,(H,33,34)(H,35,36,37). The van der Waals surface area contributed by atoms with Crippen LogP contribution in [-0.4, -0.2) is 64.3 Å². The smallest absolute Gasteiger partial charge is 0.251 e. The van der Waals surface area contributed by atoms with Crippen molar-refractivity contribution in [2.24, 2.45) is 5.41 Å². The van der Waals surface area contributed by atoms with Gasteiger partial charge < -0.3 is 25.5 Å². The summed E-state index contributed by atoms with van der Waals surface area (Å²) in [5.74, 6) is -0.615. The summed E-state index contributed by atoms with van der Waals surface area (Å²) in [6.07, 6.45) is 6.43. The molecule has 2 aliphatic heterocycles. The number of nitrogens with one attached hydrogen (secondary N) is 2. The Hall–Kier alpha value is -3.27. The fraction of sp³-hybridized carbons (Fsp3) is 0.567. The molecule has 2 aromatic heterocycles. The quantitative estimate of drug-likeness (QED) is 0.336. The molecule has 0 unspecified atom stereocenters. The maximum atomic E-state index is 13.8. The van der Waals surface area contributed by atoms with Crippen LogP contribution >= 0.6 is 0 Å². The van der Waals surface area contributed by atoms with Crippen LogP contribution in [0.1, 0.15) is 57.9 Å². The van der Waals surface area contributed by atoms with Crippen molar-refractivity contribution in [3.05, 3.63) is 36.0 Å². The Morgan fingerprint density at radius 1 is 0.950 bits per heavy atom. The van der Waals surface area contributed by atoms with E-state index in [4.69, 9.17) is 15.0 Å². The number of benzene rings is 1. The number of fused-ring (bicyclic) bond motifs is 1. The summed E-state index contributed by atoms with van der Waals surface area (Å²) in [5, 5.41) is 17.5. The first kappa shape index (κ1) is 26.9. The van der Waals surface area contributed by atoms with Crippen molar-refractivity contribution >= 4 is 39.9 Å². The van der Waals surface area contributed by atoms with Crippen LogP contribution in [-0.2, 0) is 0 Å². The summed E-state index contributed by atoms with van der Waals surface area (Å²) in [6.45, 7) is 8.30. The number of anilines is 5. The van der Waals surface area contributed by atoms with Crippen LogP contribution < -0.4 is 20.4 Å². The Labute approximate surface area is 234 Å². The van der Waals surface area contributed by atoms with E-state index in [0.717, 1.165) is 59.6 Å². The van der Waals surface area contributed by atoms with Crippen molar-refractivity contribution in [1.82, 2.24) is 15.0 Å². The summed E-state index contributed by atoms with van der Waals surface area (Å²) in [5.41, 5.74) is 3.52. The molecule has 1 spiro atoms. The average molecular weight is 552 g/mol. The van der Waals surface area contributed by atoms with Crippen LogP contribution in [0.15, 0.2) is 30.5 Å². The molecule has 10 heteroatoms. The molecule has 214 valence electrons. The summed E-state index contributed by atoms with van der Waals surface area (Å²) in [4.78, 5) is 18.9. The zero-order chi connectivity index (χ0) is 28.1. The molecule has 8 nitrogen and oxygen atoms in total. The lowest BCUT2D eigenvalue weighted by molar-refractivity contribution is -0.0220. The number of halogens is 2. The number of nitrogens with zero attached hydrogens (tertiary/aromatic N) is 5. The van der Waals surface area contributed by atoms with Crippen molar-refractivity contribution in [2.45, 2.75) is 70.8 Å². The van der Waals surface area contributed by atoms with E-state index in [2.05, 4.69) is 15.5 Å². The van der Waals surface area contributed by atoms with Crippen LogP contribution in [0.4, 0.5) is 37.7 Å². The van der Waals surface area contributed by atoms with Crippen molar-refractivity contribution in [2.75, 3.05) is 53.2 Å². The third-order valence-electron chi connectivity index (χ3n) is 8.70. The maximum Gasteiger partial charge on any atom is 0.251 e. The van der Waals surface area contributed by atoms with Gasteiger partial charge in [0, 0.05) is 56.6 Å². The second-order valence-corrected chi connectivity index (χ2v) is 12.6. The topological polar surface area (TPSA) is 89.4 Å². The predicted octanol–water partition coefficient (Wildman–Crippen LogP) is 5.88. The third-order valence-corrected chi connectivity index (χ3v) is 8.70. The van der Waals surface area contributed by atoms with E-state index in [-0.39, 0.29) is 19.4 Å². The number of aliphatic hydroxyl groups is 1. The molecule has 0 atom stereocenters. The van der Waals surface area contributed by atoms with Gasteiger partial charge in [-0.25, -0.2) is 18.7 Å². The number of hydrogen-bond donors (Lipinski definition) is 3. The number of alkyl halides is 2. The van der Waals surface area contributed by atoms with E-state index in [1.807, 2.05) is 49.9 Å². The summed E-state index contributed by atoms with van der Waals surface area (Å²) < 4.78 is 27.6. The predicted molar refractivity (Wildman–Crippen MR) is 156 cm³/mol. The molecule has 1 saturated carbocycles. The Morgan fingerprint density at radius 2 is 1.65 bits per heavy atom. The highest BCUT2D eigenvalue weighted by atomic mass is 19.3. The van der Waals surface area contributed by atoms with Gasteiger partial charge in [0.1, 0.15) is 11.6 Å². The zero-order valence-electron chi connectivity index (χ0n) is 23.6. The molecule has 0 bridgehead atoms. The number of aryl methyl sites for hydroxylation is 1. The minimum absolute atomic E-state index is 0.0521. The molecular weight excluding hydrogens is 512 g/mol. The lowest BCUT2D eigenvalue weighted by atomic mass is 9.93. The van der Waals surface area contributed by atoms with E-state index in [1.165, 1.54) is 12.8 Å². The number of piperidine rings is 2. The molecule has 3 aromatic rings. The average Bonchev–Trinajstić information content (AvgIpc) is 3.66. The molecule has 2 saturated heterocycles. The van der Waals surface area contributed by atoms with Gasteiger partial charge in [0.2, 0.25) is 5.95 Å². The fourth-order valence-corrected chi connectivity index (χ4v) is 5.90. The Balaban J connectivity index is 1.36. The van der Waals surface area contributed by atoms with Gasteiger partial charge in [-0.2, -0.15) is 4.98 Å². The number of pyridine rings is 1. The molecule has 40 heavy (non-hydrogen) atoms. The molecular formula is C30H39F2N7O. The van der Waals surface area contributed by atoms with Gasteiger partial charge in [-0.05, 0) is 81.7 Å². The molecule has 0 amide bonds. The van der Waals surface area contributed by atoms with Gasteiger partial charge >= 0.3 is 0 Å². The van der Waals surface area contributed by atoms with Gasteiger partial charge in [-0.15, -0.1) is 0 Å². The van der Waals surface area contributed by atoms with E-state index in [0.29, 0.717) is 30.3 Å². The molecule has 3 aliphatic rings. The van der Waals surface area contributed by atoms with Gasteiger partial charge in [-0.3, -0.25) is 0 Å². The molecule has 3 N–H and O–H groups in total. The van der Waals surface area contributed by atoms with E-state index < -0.39 is 11.5 Å². The van der Waals surface area contributed by atoms with Crippen molar-refractivity contribution < 1.29 is 13.9 Å². The Bertz CT molecular complexity index is 1390. The van der Waals surface area contributed by atoms with Crippen LogP contribution in [0.25, 0.3) is 10.9 Å². The Morgan fingerprint density at radius 3 is 2.33 bits per heavy atom. The van der Waals surface area contributed by atoms with Crippen LogP contribution in [0, 0.1) is 12.3 Å². The normalized spacial score (nSPS) is 20.1. The highest BCUT2D eigenvalue weighted by molar-refractivity contribution is 6.00. The first-order valence-corrected chi connectivity index (χ1v) is 14.4. The largest absolute Gasteiger partial charge is 0.394 e. The number of aliphatic hydroxyl groups excluding tert-OH is 1. The molecule has 4 heterocycles. The molecule has 1 aromatic carbocycles. The molecule has 1 aliphatic carbocycles. The molecule has 3 fully saturated rings. The maximum absolute atomic E-state index is 13.8. The number of aromatic nitrogens is 3. The van der Waals surface area contributed by atoms with Crippen LogP contribution in [0.5, 0.6) is 0 Å². The van der Waals surface area contributed by atoms with E-state index >= 15 is 0 Å². The van der Waals surface area contributed by atoms with Crippen molar-refractivity contribution in [1.29, 1.82) is 0 Å². The highest BCUT2D eigenvalue weighted by Crippen LogP contribution is 2.54. The van der Waals surface area contributed by atoms with Gasteiger partial charge in [0.25, 0.3) is 5.92 Å². The minimum atomic E-state index is -2.58. The van der Waals surface area contributed by atoms with Crippen molar-refractivity contribution in [3.63, 3.8) is 0 Å². The first-order chi connectivity index (χ1) is 19.0. The zero-order valence-corrected chi connectivity index (χ0v) is 23.6. The first-order valence-electron chi connectivity index (χ1n) is 14.4. The van der Waals surface area contributed by atoms with Crippen molar-refractivity contribution in [3.8, 4) is 0 Å². The van der Waals surface area contributed by atoms with Crippen LogP contribution in [0.3, 0.4) is 0 Å². The summed E-state index contributed by atoms with van der Waals surface area (Å²) >= 11 is 0. The summed E-state index contributed by atoms with van der Waals surface area (Å²) in [6, 6.07) is 7.99. The minimum Gasteiger partial charge on any atom is -0.394 e. The van der Waals surface area contributed by atoms with Crippen LogP contribution in [0.2, 0.25) is 0 Å². The Kier molecular flexibility index (Phi) is 6.71. The number of hydrogen-bond acceptors (Lipinski definition) is 8. The fourth-order valence-electron chi connectivity index (χ4n) is 5.90.